The number of nitrogens with zero attached hydrogens (tertiary/aromatic N) is 4. The van der Waals surface area contributed by atoms with Crippen molar-refractivity contribution in [3.8, 4) is 21.7 Å². The minimum absolute atomic E-state index is 0.0218. The number of nitrogens with one attached hydrogen (secondary N) is 2. The van der Waals surface area contributed by atoms with Crippen molar-refractivity contribution in [1.29, 1.82) is 0 Å². The Labute approximate surface area is 248 Å². The normalized spacial score (nSPS) is 14.2. The summed E-state index contributed by atoms with van der Waals surface area (Å²) in [7, 11) is 0. The van der Waals surface area contributed by atoms with Crippen molar-refractivity contribution < 1.29 is 27.5 Å². The molecule has 0 unspecified atom stereocenters. The predicted molar refractivity (Wildman–Crippen MR) is 157 cm³/mol. The van der Waals surface area contributed by atoms with Gasteiger partial charge in [0.05, 0.1) is 18.7 Å². The molecule has 43 heavy (non-hydrogen) atoms. The molecule has 5 rings (SSSR count). The van der Waals surface area contributed by atoms with E-state index in [1.165, 1.54) is 25.4 Å². The number of alkyl halides is 3. The van der Waals surface area contributed by atoms with Crippen LogP contribution in [0.2, 0.25) is 0 Å². The largest absolute Gasteiger partial charge is 0.434 e. The molecule has 0 spiro atoms. The number of rotatable bonds is 8. The molecule has 0 aliphatic carbocycles. The van der Waals surface area contributed by atoms with Crippen molar-refractivity contribution in [3.63, 3.8) is 0 Å². The summed E-state index contributed by atoms with van der Waals surface area (Å²) in [4.78, 5) is 48.3. The van der Waals surface area contributed by atoms with E-state index in [4.69, 9.17) is 4.74 Å². The maximum Gasteiger partial charge on any atom is 0.434 e. The summed E-state index contributed by atoms with van der Waals surface area (Å²) in [6, 6.07) is 6.45. The molecule has 3 aromatic heterocycles. The molecular formula is C29H29F3N6O4S. The summed E-state index contributed by atoms with van der Waals surface area (Å²) < 4.78 is 47.1. The Morgan fingerprint density at radius 3 is 2.58 bits per heavy atom. The lowest BCUT2D eigenvalue weighted by Crippen LogP contribution is -2.42. The van der Waals surface area contributed by atoms with Gasteiger partial charge in [-0.25, -0.2) is 9.97 Å². The Morgan fingerprint density at radius 1 is 1.14 bits per heavy atom. The van der Waals surface area contributed by atoms with Gasteiger partial charge in [-0.1, -0.05) is 6.07 Å². The molecule has 10 nitrogen and oxygen atoms in total. The molecule has 0 bridgehead atoms. The number of fused-ring (bicyclic) bond motifs is 1. The van der Waals surface area contributed by atoms with Crippen LogP contribution in [-0.4, -0.2) is 70.6 Å². The number of pyridine rings is 2. The Morgan fingerprint density at radius 2 is 1.91 bits per heavy atom. The Balaban J connectivity index is 1.51. The number of thiazole rings is 1. The molecule has 4 aromatic rings. The third-order valence-electron chi connectivity index (χ3n) is 7.03. The fraction of sp³-hybridized carbons (Fsp3) is 0.345. The molecule has 1 fully saturated rings. The van der Waals surface area contributed by atoms with Crippen LogP contribution < -0.4 is 16.1 Å². The molecule has 226 valence electrons. The summed E-state index contributed by atoms with van der Waals surface area (Å²) in [5, 5.41) is 6.73. The first kappa shape index (κ1) is 30.3. The number of halogens is 3. The molecule has 14 heteroatoms. The van der Waals surface area contributed by atoms with Crippen LogP contribution in [0.15, 0.2) is 46.8 Å². The van der Waals surface area contributed by atoms with E-state index < -0.39 is 23.2 Å². The van der Waals surface area contributed by atoms with E-state index in [1.807, 2.05) is 6.92 Å². The Hall–Kier alpha value is -4.14. The molecule has 2 amide bonds. The number of hydrogen-bond acceptors (Lipinski definition) is 8. The molecule has 1 saturated heterocycles. The Kier molecular flexibility index (Phi) is 8.89. The highest BCUT2D eigenvalue weighted by molar-refractivity contribution is 7.13. The molecule has 4 heterocycles. The molecule has 1 aliphatic rings. The fourth-order valence-corrected chi connectivity index (χ4v) is 5.72. The van der Waals surface area contributed by atoms with Crippen molar-refractivity contribution >= 4 is 39.9 Å². The van der Waals surface area contributed by atoms with Gasteiger partial charge in [-0.2, -0.15) is 13.2 Å². The topological polar surface area (TPSA) is 118 Å². The van der Waals surface area contributed by atoms with Crippen LogP contribution >= 0.6 is 11.3 Å². The smallest absolute Gasteiger partial charge is 0.379 e. The first-order valence-corrected chi connectivity index (χ1v) is 14.5. The maximum absolute atomic E-state index is 13.4. The van der Waals surface area contributed by atoms with Crippen molar-refractivity contribution in [2.45, 2.75) is 26.6 Å². The predicted octanol–water partition coefficient (Wildman–Crippen LogP) is 4.25. The van der Waals surface area contributed by atoms with Gasteiger partial charge in [0.1, 0.15) is 16.4 Å². The number of anilines is 1. The second-order valence-corrected chi connectivity index (χ2v) is 10.8. The lowest BCUT2D eigenvalue weighted by molar-refractivity contribution is -0.140. The van der Waals surface area contributed by atoms with Crippen molar-refractivity contribution in [2.75, 3.05) is 44.7 Å². The zero-order valence-electron chi connectivity index (χ0n) is 23.5. The SMILES string of the molecule is CCn1cc(C(=O)NCCN2CCOCC2)c(=O)c2ccc(-c3cnc(NC(C)=O)cc3-c3nc(C(F)(F)F)cs3)cc21. The summed E-state index contributed by atoms with van der Waals surface area (Å²) >= 11 is 0.820. The van der Waals surface area contributed by atoms with E-state index >= 15 is 0 Å². The molecule has 0 saturated carbocycles. The minimum atomic E-state index is -4.62. The van der Waals surface area contributed by atoms with Crippen LogP contribution in [-0.2, 0) is 22.3 Å². The van der Waals surface area contributed by atoms with Crippen molar-refractivity contribution in [1.82, 2.24) is 24.8 Å². The van der Waals surface area contributed by atoms with E-state index in [0.717, 1.165) is 29.8 Å². The van der Waals surface area contributed by atoms with Gasteiger partial charge in [-0.3, -0.25) is 19.3 Å². The first-order valence-electron chi connectivity index (χ1n) is 13.6. The summed E-state index contributed by atoms with van der Waals surface area (Å²) in [5.74, 6) is -0.693. The summed E-state index contributed by atoms with van der Waals surface area (Å²) in [6.45, 7) is 7.53. The van der Waals surface area contributed by atoms with Crippen LogP contribution in [0.4, 0.5) is 19.0 Å². The second-order valence-electron chi connectivity index (χ2n) is 9.93. The van der Waals surface area contributed by atoms with E-state index in [2.05, 4.69) is 25.5 Å². The van der Waals surface area contributed by atoms with Crippen LogP contribution in [0.25, 0.3) is 32.6 Å². The second kappa shape index (κ2) is 12.6. The van der Waals surface area contributed by atoms with E-state index in [1.54, 1.807) is 22.8 Å². The fourth-order valence-electron chi connectivity index (χ4n) is 4.87. The van der Waals surface area contributed by atoms with Gasteiger partial charge in [0.25, 0.3) is 5.91 Å². The standard InChI is InChI=1S/C29H29F3N6O4S/c1-3-38-15-22(27(41)33-6-7-37-8-10-42-11-9-37)26(40)19-5-4-18(12-23(19)38)21-14-34-25(35-17(2)39)13-20(21)28-36-24(16-43-28)29(30,31)32/h4-5,12-16H,3,6-11H2,1-2H3,(H,33,41)(H,34,35,39). The number of amides is 2. The van der Waals surface area contributed by atoms with Crippen LogP contribution in [0.1, 0.15) is 29.9 Å². The third-order valence-corrected chi connectivity index (χ3v) is 7.90. The van der Waals surface area contributed by atoms with Gasteiger partial charge < -0.3 is 19.9 Å². The van der Waals surface area contributed by atoms with E-state index in [-0.39, 0.29) is 22.3 Å². The number of carbonyl (C=O) groups is 2. The lowest BCUT2D eigenvalue weighted by Gasteiger charge is -2.26. The Bertz CT molecular complexity index is 1730. The third kappa shape index (κ3) is 6.76. The van der Waals surface area contributed by atoms with Crippen molar-refractivity contribution in [2.24, 2.45) is 0 Å². The number of ether oxygens (including phenoxy) is 1. The number of hydrogen-bond donors (Lipinski definition) is 2. The monoisotopic (exact) mass is 614 g/mol. The summed E-state index contributed by atoms with van der Waals surface area (Å²) in [6.07, 6.45) is -1.65. The maximum atomic E-state index is 13.4. The number of aromatic nitrogens is 3. The van der Waals surface area contributed by atoms with Crippen LogP contribution in [0.3, 0.4) is 0 Å². The summed E-state index contributed by atoms with van der Waals surface area (Å²) in [5.41, 5.74) is 0.474. The molecule has 1 aromatic carbocycles. The molecule has 1 aliphatic heterocycles. The van der Waals surface area contributed by atoms with Crippen LogP contribution in [0, 0.1) is 0 Å². The number of aryl methyl sites for hydroxylation is 1. The highest BCUT2D eigenvalue weighted by Gasteiger charge is 2.34. The van der Waals surface area contributed by atoms with Gasteiger partial charge in [-0.05, 0) is 30.7 Å². The average Bonchev–Trinajstić information content (AvgIpc) is 3.49. The number of morpholine rings is 1. The zero-order valence-corrected chi connectivity index (χ0v) is 24.3. The first-order chi connectivity index (χ1) is 20.5. The van der Waals surface area contributed by atoms with Gasteiger partial charge in [-0.15, -0.1) is 11.3 Å². The highest BCUT2D eigenvalue weighted by atomic mass is 32.1. The highest BCUT2D eigenvalue weighted by Crippen LogP contribution is 2.39. The van der Waals surface area contributed by atoms with Gasteiger partial charge in [0.15, 0.2) is 5.69 Å². The number of carbonyl (C=O) groups excluding carboxylic acids is 2. The minimum Gasteiger partial charge on any atom is -0.379 e. The van der Waals surface area contributed by atoms with E-state index in [0.29, 0.717) is 60.4 Å². The lowest BCUT2D eigenvalue weighted by atomic mass is 9.99. The zero-order chi connectivity index (χ0) is 30.7. The average molecular weight is 615 g/mol. The molecule has 0 radical (unpaired) electrons. The van der Waals surface area contributed by atoms with Gasteiger partial charge in [0.2, 0.25) is 11.3 Å². The van der Waals surface area contributed by atoms with Crippen molar-refractivity contribution in [3.05, 3.63) is 63.5 Å². The molecule has 2 N–H and O–H groups in total. The number of benzene rings is 1. The van der Waals surface area contributed by atoms with E-state index in [9.17, 15) is 27.6 Å². The van der Waals surface area contributed by atoms with Gasteiger partial charge >= 0.3 is 6.18 Å². The molecule has 0 atom stereocenters. The van der Waals surface area contributed by atoms with Gasteiger partial charge in [0, 0.05) is 73.9 Å². The quantitative estimate of drug-likeness (QED) is 0.305. The molecular weight excluding hydrogens is 585 g/mol. The van der Waals surface area contributed by atoms with Crippen LogP contribution in [0.5, 0.6) is 0 Å².